The average molecular weight is 322 g/mol. The van der Waals surface area contributed by atoms with E-state index in [1.54, 1.807) is 31.4 Å². The van der Waals surface area contributed by atoms with Crippen molar-refractivity contribution < 1.29 is 9.53 Å². The predicted molar refractivity (Wildman–Crippen MR) is 90.7 cm³/mol. The normalized spacial score (nSPS) is 15.5. The number of nitrogens with zero attached hydrogens (tertiary/aromatic N) is 2. The zero-order valence-electron chi connectivity index (χ0n) is 12.7. The topological polar surface area (TPSA) is 79.9 Å². The molecule has 3 N–H and O–H groups in total. The van der Waals surface area contributed by atoms with Crippen molar-refractivity contribution in [2.45, 2.75) is 0 Å². The number of ether oxygens (including phenoxy) is 1. The molecule has 0 spiro atoms. The molecule has 2 rings (SSSR count). The molecule has 0 radical (unpaired) electrons. The number of benzene rings is 1. The summed E-state index contributed by atoms with van der Waals surface area (Å²) in [6.45, 7) is 2.82. The van der Waals surface area contributed by atoms with E-state index < -0.39 is 0 Å². The number of rotatable bonds is 5. The third-order valence-electron chi connectivity index (χ3n) is 3.34. The van der Waals surface area contributed by atoms with Crippen LogP contribution in [0.4, 0.5) is 0 Å². The van der Waals surface area contributed by atoms with Crippen molar-refractivity contribution in [2.75, 3.05) is 44.8 Å². The first-order valence-corrected chi connectivity index (χ1v) is 8.41. The molecule has 1 aliphatic rings. The maximum Gasteiger partial charge on any atom is 0.251 e. The van der Waals surface area contributed by atoms with Gasteiger partial charge in [0, 0.05) is 36.7 Å². The van der Waals surface area contributed by atoms with Gasteiger partial charge >= 0.3 is 0 Å². The Labute approximate surface area is 135 Å². The lowest BCUT2D eigenvalue weighted by atomic mass is 10.2. The van der Waals surface area contributed by atoms with E-state index in [1.807, 2.05) is 11.8 Å². The number of nitrogens with two attached hydrogens (primary N) is 1. The third kappa shape index (κ3) is 4.84. The first-order valence-electron chi connectivity index (χ1n) is 7.25. The van der Waals surface area contributed by atoms with Crippen molar-refractivity contribution >= 4 is 23.6 Å². The van der Waals surface area contributed by atoms with E-state index in [1.165, 1.54) is 0 Å². The number of carbonyl (C=O) groups excluding carboxylic acids is 1. The van der Waals surface area contributed by atoms with Gasteiger partial charge in [-0.2, -0.15) is 11.8 Å². The van der Waals surface area contributed by atoms with Crippen LogP contribution in [0.15, 0.2) is 29.3 Å². The van der Waals surface area contributed by atoms with E-state index in [-0.39, 0.29) is 5.91 Å². The summed E-state index contributed by atoms with van der Waals surface area (Å²) >= 11 is 1.93. The van der Waals surface area contributed by atoms with Gasteiger partial charge in [-0.3, -0.25) is 9.79 Å². The second-order valence-corrected chi connectivity index (χ2v) is 6.05. The van der Waals surface area contributed by atoms with Crippen molar-refractivity contribution in [3.63, 3.8) is 0 Å². The van der Waals surface area contributed by atoms with E-state index in [0.717, 1.165) is 24.6 Å². The van der Waals surface area contributed by atoms with Crippen molar-refractivity contribution in [2.24, 2.45) is 10.7 Å². The van der Waals surface area contributed by atoms with E-state index >= 15 is 0 Å². The molecule has 6 nitrogen and oxygen atoms in total. The van der Waals surface area contributed by atoms with Gasteiger partial charge in [0.25, 0.3) is 5.91 Å². The number of thioether (sulfide) groups is 1. The molecule has 0 unspecified atom stereocenters. The molecule has 1 amide bonds. The van der Waals surface area contributed by atoms with E-state index in [2.05, 4.69) is 15.2 Å². The quantitative estimate of drug-likeness (QED) is 0.476. The summed E-state index contributed by atoms with van der Waals surface area (Å²) in [6.07, 6.45) is 0. The highest BCUT2D eigenvalue weighted by Crippen LogP contribution is 2.12. The molecule has 1 aliphatic heterocycles. The zero-order chi connectivity index (χ0) is 15.8. The minimum absolute atomic E-state index is 0.137. The van der Waals surface area contributed by atoms with Crippen molar-refractivity contribution in [1.82, 2.24) is 10.2 Å². The van der Waals surface area contributed by atoms with Gasteiger partial charge in [0.2, 0.25) is 0 Å². The number of hydrogen-bond acceptors (Lipinski definition) is 4. The molecule has 1 heterocycles. The fourth-order valence-corrected chi connectivity index (χ4v) is 3.00. The lowest BCUT2D eigenvalue weighted by molar-refractivity contribution is 0.0954. The molecule has 1 aromatic carbocycles. The monoisotopic (exact) mass is 322 g/mol. The summed E-state index contributed by atoms with van der Waals surface area (Å²) in [5, 5.41) is 2.83. The predicted octanol–water partition coefficient (Wildman–Crippen LogP) is 0.789. The van der Waals surface area contributed by atoms with Crippen molar-refractivity contribution in [1.29, 1.82) is 0 Å². The maximum atomic E-state index is 12.0. The van der Waals surface area contributed by atoms with Crippen molar-refractivity contribution in [3.8, 4) is 5.75 Å². The molecular formula is C15H22N4O2S. The van der Waals surface area contributed by atoms with Crippen LogP contribution in [0.3, 0.4) is 0 Å². The van der Waals surface area contributed by atoms with Gasteiger partial charge < -0.3 is 20.7 Å². The van der Waals surface area contributed by atoms with Crippen molar-refractivity contribution in [3.05, 3.63) is 29.8 Å². The molecule has 22 heavy (non-hydrogen) atoms. The van der Waals surface area contributed by atoms with Crippen LogP contribution in [0, 0.1) is 0 Å². The number of carbonyl (C=O) groups is 1. The number of aliphatic imine (C=N–C) groups is 1. The molecule has 0 aliphatic carbocycles. The summed E-state index contributed by atoms with van der Waals surface area (Å²) in [7, 11) is 1.58. The molecule has 0 aromatic heterocycles. The smallest absolute Gasteiger partial charge is 0.251 e. The Balaban J connectivity index is 1.76. The van der Waals surface area contributed by atoms with Gasteiger partial charge in [-0.15, -0.1) is 0 Å². The number of amides is 1. The Morgan fingerprint density at radius 1 is 1.45 bits per heavy atom. The fourth-order valence-electron chi connectivity index (χ4n) is 2.10. The summed E-state index contributed by atoms with van der Waals surface area (Å²) in [4.78, 5) is 18.4. The lowest BCUT2D eigenvalue weighted by Gasteiger charge is -2.27. The molecule has 1 fully saturated rings. The summed E-state index contributed by atoms with van der Waals surface area (Å²) < 4.78 is 5.10. The Bertz CT molecular complexity index is 530. The summed E-state index contributed by atoms with van der Waals surface area (Å²) in [5.74, 6) is 3.27. The van der Waals surface area contributed by atoms with Crippen LogP contribution in [0.2, 0.25) is 0 Å². The Morgan fingerprint density at radius 3 is 2.95 bits per heavy atom. The van der Waals surface area contributed by atoms with Crippen LogP contribution in [0.25, 0.3) is 0 Å². The first kappa shape index (κ1) is 16.5. The minimum Gasteiger partial charge on any atom is -0.497 e. The van der Waals surface area contributed by atoms with E-state index in [9.17, 15) is 4.79 Å². The van der Waals surface area contributed by atoms with E-state index in [4.69, 9.17) is 10.5 Å². The van der Waals surface area contributed by atoms with E-state index in [0.29, 0.717) is 30.4 Å². The Hall–Kier alpha value is -1.89. The van der Waals surface area contributed by atoms with Crippen LogP contribution >= 0.6 is 11.8 Å². The van der Waals surface area contributed by atoms with Gasteiger partial charge in [-0.05, 0) is 18.2 Å². The van der Waals surface area contributed by atoms with Gasteiger partial charge in [-0.25, -0.2) is 0 Å². The third-order valence-corrected chi connectivity index (χ3v) is 4.28. The lowest BCUT2D eigenvalue weighted by Crippen LogP contribution is -2.43. The standard InChI is InChI=1S/C15H22N4O2S/c1-21-13-4-2-3-12(11-13)14(20)17-5-6-18-15(16)19-7-9-22-10-8-19/h2-4,11H,5-10H2,1H3,(H2,16,18)(H,17,20). The van der Waals surface area contributed by atoms with Crippen LogP contribution in [0.1, 0.15) is 10.4 Å². The van der Waals surface area contributed by atoms with Gasteiger partial charge in [-0.1, -0.05) is 6.07 Å². The van der Waals surface area contributed by atoms with Gasteiger partial charge in [0.15, 0.2) is 5.96 Å². The molecule has 1 saturated heterocycles. The maximum absolute atomic E-state index is 12.0. The SMILES string of the molecule is COc1cccc(C(=O)NCCN=C(N)N2CCSCC2)c1. The van der Waals surface area contributed by atoms with Crippen LogP contribution < -0.4 is 15.8 Å². The van der Waals surface area contributed by atoms with Gasteiger partial charge in [0.05, 0.1) is 13.7 Å². The molecule has 7 heteroatoms. The summed E-state index contributed by atoms with van der Waals surface area (Å²) in [5.41, 5.74) is 6.53. The number of guanidine groups is 1. The number of nitrogens with one attached hydrogen (secondary N) is 1. The van der Waals surface area contributed by atoms with Crippen LogP contribution in [-0.2, 0) is 0 Å². The molecule has 0 saturated carbocycles. The van der Waals surface area contributed by atoms with Crippen LogP contribution in [0.5, 0.6) is 5.75 Å². The average Bonchev–Trinajstić information content (AvgIpc) is 2.59. The number of methoxy groups -OCH3 is 1. The molecule has 0 atom stereocenters. The molecular weight excluding hydrogens is 300 g/mol. The second kappa shape index (κ2) is 8.53. The Morgan fingerprint density at radius 2 is 2.23 bits per heavy atom. The summed E-state index contributed by atoms with van der Waals surface area (Å²) in [6, 6.07) is 7.05. The highest BCUT2D eigenvalue weighted by molar-refractivity contribution is 7.99. The first-order chi connectivity index (χ1) is 10.7. The minimum atomic E-state index is -0.137. The highest BCUT2D eigenvalue weighted by Gasteiger charge is 2.11. The largest absolute Gasteiger partial charge is 0.497 e. The highest BCUT2D eigenvalue weighted by atomic mass is 32.2. The second-order valence-electron chi connectivity index (χ2n) is 4.83. The molecule has 120 valence electrons. The molecule has 1 aromatic rings. The number of hydrogen-bond donors (Lipinski definition) is 2. The Kier molecular flexibility index (Phi) is 6.39. The fraction of sp³-hybridized carbons (Fsp3) is 0.467. The molecule has 0 bridgehead atoms. The van der Waals surface area contributed by atoms with Gasteiger partial charge in [0.1, 0.15) is 5.75 Å². The zero-order valence-corrected chi connectivity index (χ0v) is 13.6. The van der Waals surface area contributed by atoms with Crippen LogP contribution in [-0.4, -0.2) is 61.6 Å².